The second-order valence-corrected chi connectivity index (χ2v) is 13.6. The fourth-order valence-corrected chi connectivity index (χ4v) is 6.90. The Morgan fingerprint density at radius 3 is 1.52 bits per heavy atom. The molecule has 0 aliphatic carbocycles. The van der Waals surface area contributed by atoms with E-state index in [0.29, 0.717) is 0 Å². The van der Waals surface area contributed by atoms with Crippen LogP contribution in [0.25, 0.3) is 68.6 Å². The lowest BCUT2D eigenvalue weighted by Crippen LogP contribution is -1.97. The first-order valence-corrected chi connectivity index (χ1v) is 18.5. The molecule has 0 spiro atoms. The molecule has 7 rings (SSSR count). The highest BCUT2D eigenvalue weighted by Crippen LogP contribution is 2.33. The highest BCUT2D eigenvalue weighted by Gasteiger charge is 2.13. The summed E-state index contributed by atoms with van der Waals surface area (Å²) in [7, 11) is 0. The molecule has 5 aromatic rings. The minimum Gasteiger partial charge on any atom is -0.494 e. The first-order valence-electron chi connectivity index (χ1n) is 18.5. The van der Waals surface area contributed by atoms with Crippen molar-refractivity contribution in [2.45, 2.75) is 78.1 Å². The Morgan fingerprint density at radius 1 is 0.520 bits per heavy atom. The number of nitrogens with zero attached hydrogens (tertiary/aromatic N) is 2. The van der Waals surface area contributed by atoms with Crippen LogP contribution in [0.3, 0.4) is 0 Å². The third-order valence-electron chi connectivity index (χ3n) is 9.65. The van der Waals surface area contributed by atoms with Gasteiger partial charge in [0.05, 0.1) is 29.4 Å². The number of unbranched alkanes of at least 4 members (excludes halogenated alkanes) is 9. The zero-order chi connectivity index (χ0) is 34.1. The molecule has 8 bridgehead atoms. The molecule has 254 valence electrons. The molecule has 0 atom stereocenters. The van der Waals surface area contributed by atoms with Gasteiger partial charge in [0.2, 0.25) is 0 Å². The van der Waals surface area contributed by atoms with E-state index in [2.05, 4.69) is 133 Å². The van der Waals surface area contributed by atoms with Crippen LogP contribution in [-0.4, -0.2) is 26.5 Å². The molecule has 0 unspecified atom stereocenters. The molecule has 0 fully saturated rings. The number of hydrogen-bond acceptors (Lipinski definition) is 3. The Bertz CT molecular complexity index is 2130. The van der Waals surface area contributed by atoms with Gasteiger partial charge in [-0.25, -0.2) is 9.97 Å². The Labute approximate surface area is 296 Å². The van der Waals surface area contributed by atoms with Gasteiger partial charge in [-0.2, -0.15) is 0 Å². The number of hydrogen-bond donors (Lipinski definition) is 2. The van der Waals surface area contributed by atoms with E-state index in [4.69, 9.17) is 14.7 Å². The molecule has 2 N–H and O–H groups in total. The summed E-state index contributed by atoms with van der Waals surface area (Å²) in [6, 6.07) is 29.8. The Morgan fingerprint density at radius 2 is 1.00 bits per heavy atom. The number of ether oxygens (including phenoxy) is 1. The number of aromatic amines is 2. The van der Waals surface area contributed by atoms with Gasteiger partial charge in [0.15, 0.2) is 0 Å². The van der Waals surface area contributed by atoms with E-state index in [1.54, 1.807) is 0 Å². The Hall–Kier alpha value is -5.16. The van der Waals surface area contributed by atoms with Crippen LogP contribution in [0.4, 0.5) is 0 Å². The van der Waals surface area contributed by atoms with Gasteiger partial charge in [-0.3, -0.25) is 0 Å². The summed E-state index contributed by atoms with van der Waals surface area (Å²) in [5.74, 6) is 0.908. The Balaban J connectivity index is 1.15. The largest absolute Gasteiger partial charge is 0.494 e. The molecule has 3 aromatic heterocycles. The van der Waals surface area contributed by atoms with Crippen molar-refractivity contribution in [3.05, 3.63) is 113 Å². The van der Waals surface area contributed by atoms with Crippen molar-refractivity contribution in [2.75, 3.05) is 6.61 Å². The molecule has 2 aromatic carbocycles. The van der Waals surface area contributed by atoms with Crippen molar-refractivity contribution in [2.24, 2.45) is 0 Å². The molecule has 2 aliphatic rings. The highest BCUT2D eigenvalue weighted by molar-refractivity contribution is 5.93. The number of benzene rings is 2. The van der Waals surface area contributed by atoms with E-state index in [0.717, 1.165) is 85.9 Å². The number of fused-ring (bicyclic) bond motifs is 8. The third-order valence-corrected chi connectivity index (χ3v) is 9.65. The Kier molecular flexibility index (Phi) is 10.7. The van der Waals surface area contributed by atoms with Gasteiger partial charge in [0.25, 0.3) is 0 Å². The van der Waals surface area contributed by atoms with Gasteiger partial charge >= 0.3 is 0 Å². The molecular weight excluding hydrogens is 613 g/mol. The van der Waals surface area contributed by atoms with Crippen molar-refractivity contribution >= 4 is 46.4 Å². The normalized spacial score (nSPS) is 12.1. The maximum atomic E-state index is 6.15. The minimum absolute atomic E-state index is 0.758. The van der Waals surface area contributed by atoms with E-state index in [1.165, 1.54) is 63.4 Å². The summed E-state index contributed by atoms with van der Waals surface area (Å²) in [6.45, 7) is 5.15. The van der Waals surface area contributed by atoms with Crippen LogP contribution in [0.1, 0.15) is 99.5 Å². The number of aromatic nitrogens is 4. The predicted octanol–water partition coefficient (Wildman–Crippen LogP) is 12.6. The van der Waals surface area contributed by atoms with Crippen LogP contribution in [0.15, 0.2) is 84.9 Å². The minimum atomic E-state index is 0.758. The standard InChI is InChI=1S/C45H48N4O/c1-3-4-5-6-7-8-9-10-11-12-29-50-39-23-17-34(18-24-39)45-42-27-21-37(48-42)30-35-19-25-40(46-35)44(33-15-13-32(2)14-16-33)41-26-20-36(47-41)31-38-22-28-43(45)49-38/h13-28,30-31,46,49H,3-12,29H2,1-2H3. The quantitative estimate of drug-likeness (QED) is 0.114. The molecule has 2 aliphatic heterocycles. The second-order valence-electron chi connectivity index (χ2n) is 13.6. The summed E-state index contributed by atoms with van der Waals surface area (Å²) >= 11 is 0. The third kappa shape index (κ3) is 8.16. The van der Waals surface area contributed by atoms with Crippen LogP contribution in [-0.2, 0) is 0 Å². The highest BCUT2D eigenvalue weighted by atomic mass is 16.5. The summed E-state index contributed by atoms with van der Waals surface area (Å²) in [5.41, 5.74) is 13.2. The zero-order valence-corrected chi connectivity index (χ0v) is 29.5. The number of nitrogens with one attached hydrogen (secondary N) is 2. The summed E-state index contributed by atoms with van der Waals surface area (Å²) in [6.07, 6.45) is 21.6. The summed E-state index contributed by atoms with van der Waals surface area (Å²) in [5, 5.41) is 0. The van der Waals surface area contributed by atoms with Crippen molar-refractivity contribution in [1.29, 1.82) is 0 Å². The average Bonchev–Trinajstić information content (AvgIpc) is 3.96. The number of rotatable bonds is 14. The van der Waals surface area contributed by atoms with Crippen molar-refractivity contribution in [3.8, 4) is 28.0 Å². The van der Waals surface area contributed by atoms with E-state index >= 15 is 0 Å². The maximum absolute atomic E-state index is 6.15. The summed E-state index contributed by atoms with van der Waals surface area (Å²) < 4.78 is 6.15. The topological polar surface area (TPSA) is 66.6 Å². The molecule has 0 amide bonds. The molecular formula is C45H48N4O. The monoisotopic (exact) mass is 660 g/mol. The van der Waals surface area contributed by atoms with E-state index in [1.807, 2.05) is 0 Å². The molecule has 5 heterocycles. The van der Waals surface area contributed by atoms with E-state index < -0.39 is 0 Å². The van der Waals surface area contributed by atoms with Crippen LogP contribution in [0.2, 0.25) is 0 Å². The van der Waals surface area contributed by atoms with E-state index in [-0.39, 0.29) is 0 Å². The first-order chi connectivity index (χ1) is 24.6. The van der Waals surface area contributed by atoms with Crippen molar-refractivity contribution < 1.29 is 4.74 Å². The van der Waals surface area contributed by atoms with Crippen molar-refractivity contribution in [3.63, 3.8) is 0 Å². The fourth-order valence-electron chi connectivity index (χ4n) is 6.90. The van der Waals surface area contributed by atoms with Crippen LogP contribution < -0.4 is 4.74 Å². The lowest BCUT2D eigenvalue weighted by atomic mass is 10.0. The second kappa shape index (κ2) is 16.0. The number of aryl methyl sites for hydroxylation is 1. The van der Waals surface area contributed by atoms with E-state index in [9.17, 15) is 0 Å². The molecule has 5 heteroatoms. The smallest absolute Gasteiger partial charge is 0.119 e. The lowest BCUT2D eigenvalue weighted by molar-refractivity contribution is 0.304. The predicted molar refractivity (Wildman–Crippen MR) is 212 cm³/mol. The number of H-pyrrole nitrogens is 2. The van der Waals surface area contributed by atoms with Gasteiger partial charge in [0, 0.05) is 33.2 Å². The fraction of sp³-hybridized carbons (Fsp3) is 0.289. The van der Waals surface area contributed by atoms with Crippen LogP contribution in [0, 0.1) is 6.92 Å². The first kappa shape index (κ1) is 33.3. The lowest BCUT2D eigenvalue weighted by Gasteiger charge is -2.08. The van der Waals surface area contributed by atoms with Gasteiger partial charge in [-0.15, -0.1) is 0 Å². The molecule has 50 heavy (non-hydrogen) atoms. The molecule has 0 saturated carbocycles. The molecule has 5 nitrogen and oxygen atoms in total. The van der Waals surface area contributed by atoms with Gasteiger partial charge in [-0.1, -0.05) is 107 Å². The van der Waals surface area contributed by atoms with Crippen molar-refractivity contribution in [1.82, 2.24) is 19.9 Å². The zero-order valence-electron chi connectivity index (χ0n) is 29.5. The van der Waals surface area contributed by atoms with Gasteiger partial charge in [0.1, 0.15) is 5.75 Å². The van der Waals surface area contributed by atoms with Gasteiger partial charge in [-0.05, 0) is 97.3 Å². The van der Waals surface area contributed by atoms with Gasteiger partial charge < -0.3 is 14.7 Å². The van der Waals surface area contributed by atoms with Crippen LogP contribution in [0.5, 0.6) is 5.75 Å². The molecule has 0 saturated heterocycles. The summed E-state index contributed by atoms with van der Waals surface area (Å²) in [4.78, 5) is 17.5. The molecule has 0 radical (unpaired) electrons. The maximum Gasteiger partial charge on any atom is 0.119 e. The SMILES string of the molecule is CCCCCCCCCCCCOc1ccc(-c2c3nc(cc4ccc([nH]4)c(-c4ccc(C)cc4)c4nc(cc5ccc2[nH]5)C=C4)C=C3)cc1. The van der Waals surface area contributed by atoms with Crippen LogP contribution >= 0.6 is 0 Å². The average molecular weight is 661 g/mol.